The third-order valence-corrected chi connectivity index (χ3v) is 5.93. The Morgan fingerprint density at radius 2 is 2.10 bits per heavy atom. The van der Waals surface area contributed by atoms with E-state index in [4.69, 9.17) is 4.98 Å². The molecule has 1 aromatic heterocycles. The summed E-state index contributed by atoms with van der Waals surface area (Å²) in [6.45, 7) is 8.89. The highest BCUT2D eigenvalue weighted by Gasteiger charge is 2.35. The average Bonchev–Trinajstić information content (AvgIpc) is 2.89. The van der Waals surface area contributed by atoms with Crippen LogP contribution in [-0.2, 0) is 6.42 Å². The van der Waals surface area contributed by atoms with E-state index < -0.39 is 0 Å². The first kappa shape index (κ1) is 17.0. The Labute approximate surface area is 134 Å². The maximum atomic E-state index is 4.72. The average molecular weight is 309 g/mol. The van der Waals surface area contributed by atoms with Crippen LogP contribution < -0.4 is 5.32 Å². The number of aromatic nitrogens is 1. The second-order valence-corrected chi connectivity index (χ2v) is 7.96. The predicted molar refractivity (Wildman–Crippen MR) is 93.0 cm³/mol. The summed E-state index contributed by atoms with van der Waals surface area (Å²) in [5, 5.41) is 7.10. The quantitative estimate of drug-likeness (QED) is 0.733. The van der Waals surface area contributed by atoms with Crippen LogP contribution in [-0.4, -0.2) is 18.1 Å². The molecule has 0 bridgehead atoms. The summed E-state index contributed by atoms with van der Waals surface area (Å²) in [4.78, 5) is 4.72. The van der Waals surface area contributed by atoms with Gasteiger partial charge in [0.15, 0.2) is 0 Å². The first-order valence-electron chi connectivity index (χ1n) is 8.79. The van der Waals surface area contributed by atoms with Crippen molar-refractivity contribution in [2.45, 2.75) is 72.1 Å². The molecular formula is C18H32N2S. The van der Waals surface area contributed by atoms with Crippen LogP contribution in [0.25, 0.3) is 0 Å². The van der Waals surface area contributed by atoms with E-state index in [1.54, 1.807) is 11.3 Å². The van der Waals surface area contributed by atoms with Gasteiger partial charge in [-0.05, 0) is 56.9 Å². The number of hydrogen-bond donors (Lipinski definition) is 1. The highest BCUT2D eigenvalue weighted by molar-refractivity contribution is 7.09. The molecule has 120 valence electrons. The summed E-state index contributed by atoms with van der Waals surface area (Å²) in [7, 11) is 0. The van der Waals surface area contributed by atoms with Crippen LogP contribution in [0.3, 0.4) is 0 Å². The molecule has 1 aliphatic rings. The van der Waals surface area contributed by atoms with E-state index in [0.29, 0.717) is 5.41 Å². The summed E-state index contributed by atoms with van der Waals surface area (Å²) >= 11 is 1.80. The lowest BCUT2D eigenvalue weighted by Crippen LogP contribution is -2.39. The molecule has 0 radical (unpaired) electrons. The number of unbranched alkanes of at least 4 members (excludes halogenated alkanes) is 1. The van der Waals surface area contributed by atoms with E-state index in [-0.39, 0.29) is 0 Å². The van der Waals surface area contributed by atoms with Crippen LogP contribution in [0, 0.1) is 18.3 Å². The molecule has 3 heteroatoms. The number of rotatable bonds is 8. The molecule has 0 aromatic carbocycles. The van der Waals surface area contributed by atoms with Crippen molar-refractivity contribution in [2.75, 3.05) is 13.1 Å². The van der Waals surface area contributed by atoms with Gasteiger partial charge in [-0.1, -0.05) is 33.1 Å². The lowest BCUT2D eigenvalue weighted by molar-refractivity contribution is 0.138. The molecule has 21 heavy (non-hydrogen) atoms. The van der Waals surface area contributed by atoms with Gasteiger partial charge in [0.05, 0.1) is 10.7 Å². The standard InChI is InChI=1S/C18H32N2S/c1-4-6-7-16-8-10-18(11-9-16,14-19-5-2)12-17-13-21-15(3)20-17/h13,16,19H,4-12,14H2,1-3H3. The Morgan fingerprint density at radius 1 is 1.33 bits per heavy atom. The molecule has 0 amide bonds. The van der Waals surface area contributed by atoms with Crippen molar-refractivity contribution < 1.29 is 0 Å². The summed E-state index contributed by atoms with van der Waals surface area (Å²) in [5.41, 5.74) is 1.78. The highest BCUT2D eigenvalue weighted by Crippen LogP contribution is 2.42. The topological polar surface area (TPSA) is 24.9 Å². The van der Waals surface area contributed by atoms with Crippen molar-refractivity contribution in [2.24, 2.45) is 11.3 Å². The van der Waals surface area contributed by atoms with E-state index in [1.807, 2.05) is 0 Å². The van der Waals surface area contributed by atoms with Gasteiger partial charge in [0.2, 0.25) is 0 Å². The van der Waals surface area contributed by atoms with Crippen molar-refractivity contribution in [3.63, 3.8) is 0 Å². The number of thiazole rings is 1. The van der Waals surface area contributed by atoms with Crippen LogP contribution >= 0.6 is 11.3 Å². The summed E-state index contributed by atoms with van der Waals surface area (Å²) < 4.78 is 0. The van der Waals surface area contributed by atoms with Gasteiger partial charge < -0.3 is 5.32 Å². The second kappa shape index (κ2) is 8.28. The van der Waals surface area contributed by atoms with Crippen LogP contribution in [0.15, 0.2) is 5.38 Å². The summed E-state index contributed by atoms with van der Waals surface area (Å²) in [6, 6.07) is 0. The lowest BCUT2D eigenvalue weighted by atomic mass is 9.67. The molecule has 0 saturated heterocycles. The minimum atomic E-state index is 0.458. The first-order valence-corrected chi connectivity index (χ1v) is 9.67. The Bertz CT molecular complexity index is 405. The molecule has 1 heterocycles. The van der Waals surface area contributed by atoms with Gasteiger partial charge in [-0.3, -0.25) is 0 Å². The van der Waals surface area contributed by atoms with Gasteiger partial charge in [-0.2, -0.15) is 0 Å². The molecule has 1 aliphatic carbocycles. The molecular weight excluding hydrogens is 276 g/mol. The minimum Gasteiger partial charge on any atom is -0.316 e. The van der Waals surface area contributed by atoms with Crippen LogP contribution in [0.2, 0.25) is 0 Å². The molecule has 1 fully saturated rings. The normalized spacial score (nSPS) is 26.1. The Balaban J connectivity index is 1.95. The van der Waals surface area contributed by atoms with E-state index >= 15 is 0 Å². The van der Waals surface area contributed by atoms with Crippen molar-refractivity contribution in [3.05, 3.63) is 16.1 Å². The summed E-state index contributed by atoms with van der Waals surface area (Å²) in [5.74, 6) is 0.983. The van der Waals surface area contributed by atoms with Crippen LogP contribution in [0.1, 0.15) is 69.5 Å². The maximum Gasteiger partial charge on any atom is 0.0897 e. The monoisotopic (exact) mass is 308 g/mol. The third-order valence-electron chi connectivity index (χ3n) is 5.10. The van der Waals surface area contributed by atoms with Gasteiger partial charge in [-0.25, -0.2) is 4.98 Å². The molecule has 1 saturated carbocycles. The Morgan fingerprint density at radius 3 is 2.67 bits per heavy atom. The first-order chi connectivity index (χ1) is 10.2. The van der Waals surface area contributed by atoms with Gasteiger partial charge >= 0.3 is 0 Å². The Hall–Kier alpha value is -0.410. The van der Waals surface area contributed by atoms with Crippen molar-refractivity contribution >= 4 is 11.3 Å². The SMILES string of the molecule is CCCCC1CCC(CNCC)(Cc2csc(C)n2)CC1. The van der Waals surface area contributed by atoms with Gasteiger partial charge in [0, 0.05) is 11.9 Å². The van der Waals surface area contributed by atoms with E-state index in [0.717, 1.165) is 12.5 Å². The van der Waals surface area contributed by atoms with Gasteiger partial charge in [-0.15, -0.1) is 11.3 Å². The number of nitrogens with one attached hydrogen (secondary N) is 1. The molecule has 2 rings (SSSR count). The van der Waals surface area contributed by atoms with Crippen molar-refractivity contribution in [1.82, 2.24) is 10.3 Å². The molecule has 2 nitrogen and oxygen atoms in total. The van der Waals surface area contributed by atoms with Gasteiger partial charge in [0.25, 0.3) is 0 Å². The van der Waals surface area contributed by atoms with Crippen molar-refractivity contribution in [3.8, 4) is 0 Å². The van der Waals surface area contributed by atoms with E-state index in [1.165, 1.54) is 68.6 Å². The molecule has 0 spiro atoms. The van der Waals surface area contributed by atoms with Gasteiger partial charge in [0.1, 0.15) is 0 Å². The molecule has 0 atom stereocenters. The smallest absolute Gasteiger partial charge is 0.0897 e. The van der Waals surface area contributed by atoms with Crippen LogP contribution in [0.5, 0.6) is 0 Å². The molecule has 1 aromatic rings. The zero-order valence-corrected chi connectivity index (χ0v) is 14.9. The molecule has 0 aliphatic heterocycles. The van der Waals surface area contributed by atoms with Crippen molar-refractivity contribution in [1.29, 1.82) is 0 Å². The van der Waals surface area contributed by atoms with E-state index in [2.05, 4.69) is 31.5 Å². The largest absolute Gasteiger partial charge is 0.316 e. The van der Waals surface area contributed by atoms with E-state index in [9.17, 15) is 0 Å². The highest BCUT2D eigenvalue weighted by atomic mass is 32.1. The fourth-order valence-electron chi connectivity index (χ4n) is 3.75. The zero-order chi connectivity index (χ0) is 15.1. The fourth-order valence-corrected chi connectivity index (χ4v) is 4.36. The fraction of sp³-hybridized carbons (Fsp3) is 0.833. The number of nitrogens with zero attached hydrogens (tertiary/aromatic N) is 1. The Kier molecular flexibility index (Phi) is 6.69. The maximum absolute atomic E-state index is 4.72. The predicted octanol–water partition coefficient (Wildman–Crippen LogP) is 4.97. The molecule has 0 unspecified atom stereocenters. The molecule has 1 N–H and O–H groups in total. The van der Waals surface area contributed by atoms with Crippen LogP contribution in [0.4, 0.5) is 0 Å². The lowest BCUT2D eigenvalue weighted by Gasteiger charge is -2.40. The zero-order valence-electron chi connectivity index (χ0n) is 14.1. The number of aryl methyl sites for hydroxylation is 1. The summed E-state index contributed by atoms with van der Waals surface area (Å²) in [6.07, 6.45) is 11.0. The third kappa shape index (κ3) is 5.07. The second-order valence-electron chi connectivity index (χ2n) is 6.90. The minimum absolute atomic E-state index is 0.458. The number of hydrogen-bond acceptors (Lipinski definition) is 3.